The Morgan fingerprint density at radius 3 is 1.83 bits per heavy atom. The van der Waals surface area contributed by atoms with E-state index >= 15 is 0 Å². The van der Waals surface area contributed by atoms with Crippen LogP contribution in [0.2, 0.25) is 20.1 Å². The van der Waals surface area contributed by atoms with Crippen LogP contribution in [-0.2, 0) is 17.8 Å². The summed E-state index contributed by atoms with van der Waals surface area (Å²) in [6.45, 7) is 0.142. The first kappa shape index (κ1) is 31.3. The third kappa shape index (κ3) is 7.23. The maximum atomic E-state index is 12.8. The average molecular weight is 649 g/mol. The highest BCUT2D eigenvalue weighted by Crippen LogP contribution is 2.42. The van der Waals surface area contributed by atoms with Gasteiger partial charge in [0.15, 0.2) is 0 Å². The van der Waals surface area contributed by atoms with Gasteiger partial charge >= 0.3 is 5.97 Å². The molecule has 0 saturated carbocycles. The summed E-state index contributed by atoms with van der Waals surface area (Å²) in [5.41, 5.74) is 2.78. The van der Waals surface area contributed by atoms with Crippen LogP contribution >= 0.6 is 46.4 Å². The van der Waals surface area contributed by atoms with Crippen molar-refractivity contribution in [1.29, 1.82) is 0 Å². The molecule has 4 aromatic carbocycles. The number of hydrogen-bond donors (Lipinski definition) is 2. The summed E-state index contributed by atoms with van der Waals surface area (Å²) in [4.78, 5) is 24.7. The quantitative estimate of drug-likeness (QED) is 0.171. The second-order valence-corrected chi connectivity index (χ2v) is 10.7. The number of carboxylic acids is 1. The van der Waals surface area contributed by atoms with Crippen molar-refractivity contribution in [3.05, 3.63) is 110 Å². The van der Waals surface area contributed by atoms with Gasteiger partial charge in [0, 0.05) is 34.2 Å². The zero-order valence-corrected chi connectivity index (χ0v) is 25.4. The minimum Gasteiger partial charge on any atom is -0.496 e. The molecule has 0 bridgehead atoms. The highest BCUT2D eigenvalue weighted by atomic mass is 35.5. The number of rotatable bonds is 11. The monoisotopic (exact) mass is 647 g/mol. The van der Waals surface area contributed by atoms with E-state index in [0.29, 0.717) is 44.0 Å². The van der Waals surface area contributed by atoms with Crippen LogP contribution < -0.4 is 19.5 Å². The summed E-state index contributed by atoms with van der Waals surface area (Å²) < 4.78 is 17.3. The number of nitrogens with one attached hydrogen (secondary N) is 1. The van der Waals surface area contributed by atoms with Crippen molar-refractivity contribution in [3.63, 3.8) is 0 Å². The van der Waals surface area contributed by atoms with Gasteiger partial charge in [0.2, 0.25) is 0 Å². The molecule has 0 radical (unpaired) electrons. The molecule has 0 heterocycles. The van der Waals surface area contributed by atoms with Gasteiger partial charge in [-0.3, -0.25) is 4.79 Å². The Labute approximate surface area is 262 Å². The molecule has 1 amide bonds. The molecule has 42 heavy (non-hydrogen) atoms. The summed E-state index contributed by atoms with van der Waals surface area (Å²) in [5.74, 6) is -0.404. The lowest BCUT2D eigenvalue weighted by molar-refractivity contribution is -0.139. The van der Waals surface area contributed by atoms with Crippen LogP contribution in [0.4, 0.5) is 0 Å². The maximum absolute atomic E-state index is 12.8. The maximum Gasteiger partial charge on any atom is 0.326 e. The molecule has 218 valence electrons. The second-order valence-electron chi connectivity index (χ2n) is 9.05. The van der Waals surface area contributed by atoms with Crippen LogP contribution in [0.3, 0.4) is 0 Å². The minimum absolute atomic E-state index is 0.0176. The number of ether oxygens (including phenoxy) is 3. The summed E-state index contributed by atoms with van der Waals surface area (Å²) in [7, 11) is 3.07. The van der Waals surface area contributed by atoms with E-state index in [0.717, 1.165) is 5.56 Å². The summed E-state index contributed by atoms with van der Waals surface area (Å²) in [6, 6.07) is 19.2. The van der Waals surface area contributed by atoms with Crippen molar-refractivity contribution in [1.82, 2.24) is 5.32 Å². The number of aliphatic carboxylic acids is 1. The fourth-order valence-corrected chi connectivity index (χ4v) is 5.35. The lowest BCUT2D eigenvalue weighted by Gasteiger charge is -2.18. The van der Waals surface area contributed by atoms with E-state index in [1.807, 2.05) is 12.1 Å². The molecule has 0 aromatic heterocycles. The highest BCUT2D eigenvalue weighted by Gasteiger charge is 2.24. The molecule has 2 N–H and O–H groups in total. The Hall–Kier alpha value is -3.62. The van der Waals surface area contributed by atoms with Gasteiger partial charge in [0.1, 0.15) is 29.9 Å². The third-order valence-electron chi connectivity index (χ3n) is 6.40. The zero-order chi connectivity index (χ0) is 30.4. The zero-order valence-electron chi connectivity index (χ0n) is 22.4. The van der Waals surface area contributed by atoms with Crippen LogP contribution in [0.15, 0.2) is 72.8 Å². The van der Waals surface area contributed by atoms with Gasteiger partial charge in [-0.1, -0.05) is 82.8 Å². The SMILES string of the molecule is COc1cc(OCc2c(Cl)cccc2Cl)cc(OC)c1-c1ccc(C[C@H](NC(=O)c2c(Cl)cccc2Cl)C(=O)O)cc1. The number of hydrogen-bond acceptors (Lipinski definition) is 5. The van der Waals surface area contributed by atoms with Crippen molar-refractivity contribution in [2.45, 2.75) is 19.1 Å². The van der Waals surface area contributed by atoms with Gasteiger partial charge in [0.05, 0.1) is 35.4 Å². The van der Waals surface area contributed by atoms with Gasteiger partial charge in [-0.05, 0) is 35.4 Å². The Kier molecular flexibility index (Phi) is 10.5. The summed E-state index contributed by atoms with van der Waals surface area (Å²) >= 11 is 24.8. The van der Waals surface area contributed by atoms with Crippen LogP contribution in [0.1, 0.15) is 21.5 Å². The average Bonchev–Trinajstić information content (AvgIpc) is 2.96. The molecule has 11 heteroatoms. The molecule has 0 unspecified atom stereocenters. The Morgan fingerprint density at radius 1 is 0.810 bits per heavy atom. The first-order chi connectivity index (χ1) is 20.1. The molecule has 0 spiro atoms. The van der Waals surface area contributed by atoms with Gasteiger partial charge in [-0.25, -0.2) is 4.79 Å². The number of methoxy groups -OCH3 is 2. The van der Waals surface area contributed by atoms with E-state index in [1.54, 1.807) is 48.5 Å². The summed E-state index contributed by atoms with van der Waals surface area (Å²) in [6.07, 6.45) is 0.0229. The van der Waals surface area contributed by atoms with E-state index in [1.165, 1.54) is 26.4 Å². The lowest BCUT2D eigenvalue weighted by atomic mass is 9.99. The van der Waals surface area contributed by atoms with Gasteiger partial charge < -0.3 is 24.6 Å². The molecule has 0 fully saturated rings. The van der Waals surface area contributed by atoms with E-state index in [-0.39, 0.29) is 28.6 Å². The lowest BCUT2D eigenvalue weighted by Crippen LogP contribution is -2.42. The minimum atomic E-state index is -1.22. The Bertz CT molecular complexity index is 1540. The first-order valence-electron chi connectivity index (χ1n) is 12.5. The molecule has 0 saturated heterocycles. The van der Waals surface area contributed by atoms with Crippen LogP contribution in [0.25, 0.3) is 11.1 Å². The molecular weight excluding hydrogens is 624 g/mol. The second kappa shape index (κ2) is 14.0. The number of amides is 1. The van der Waals surface area contributed by atoms with Gasteiger partial charge in [-0.15, -0.1) is 0 Å². The number of carbonyl (C=O) groups is 2. The Balaban J connectivity index is 1.54. The number of benzene rings is 4. The van der Waals surface area contributed by atoms with Gasteiger partial charge in [0.25, 0.3) is 5.91 Å². The van der Waals surface area contributed by atoms with E-state index in [9.17, 15) is 14.7 Å². The van der Waals surface area contributed by atoms with Crippen molar-refractivity contribution in [2.24, 2.45) is 0 Å². The smallest absolute Gasteiger partial charge is 0.326 e. The van der Waals surface area contributed by atoms with E-state index in [2.05, 4.69) is 5.32 Å². The normalized spacial score (nSPS) is 11.5. The molecule has 7 nitrogen and oxygen atoms in total. The standard InChI is InChI=1S/C31H25Cl4NO6/c1-40-26-14-19(42-16-20-21(32)5-3-6-22(20)33)15-27(41-2)28(26)18-11-9-17(10-12-18)13-25(31(38)39)36-30(37)29-23(34)7-4-8-24(29)35/h3-12,14-15,25H,13,16H2,1-2H3,(H,36,37)(H,38,39)/t25-/m0/s1. The fraction of sp³-hybridized carbons (Fsp3) is 0.161. The Morgan fingerprint density at radius 2 is 1.33 bits per heavy atom. The van der Waals surface area contributed by atoms with Crippen LogP contribution in [0.5, 0.6) is 17.2 Å². The molecule has 0 aliphatic heterocycles. The van der Waals surface area contributed by atoms with Crippen molar-refractivity contribution in [2.75, 3.05) is 14.2 Å². The number of halogens is 4. The molecule has 4 rings (SSSR count). The molecule has 4 aromatic rings. The fourth-order valence-electron chi connectivity index (χ4n) is 4.27. The van der Waals surface area contributed by atoms with Crippen molar-refractivity contribution in [3.8, 4) is 28.4 Å². The summed E-state index contributed by atoms with van der Waals surface area (Å²) in [5, 5.41) is 13.5. The third-order valence-corrected chi connectivity index (χ3v) is 7.74. The van der Waals surface area contributed by atoms with Crippen molar-refractivity contribution < 1.29 is 28.9 Å². The predicted molar refractivity (Wildman–Crippen MR) is 165 cm³/mol. The topological polar surface area (TPSA) is 94.1 Å². The molecule has 0 aliphatic carbocycles. The highest BCUT2D eigenvalue weighted by molar-refractivity contribution is 6.39. The van der Waals surface area contributed by atoms with E-state index < -0.39 is 17.9 Å². The van der Waals surface area contributed by atoms with Gasteiger partial charge in [-0.2, -0.15) is 0 Å². The van der Waals surface area contributed by atoms with Crippen molar-refractivity contribution >= 4 is 58.3 Å². The van der Waals surface area contributed by atoms with E-state index in [4.69, 9.17) is 60.6 Å². The van der Waals surface area contributed by atoms with Crippen LogP contribution in [-0.4, -0.2) is 37.2 Å². The predicted octanol–water partition coefficient (Wildman–Crippen LogP) is 7.99. The molecule has 1 atom stereocenters. The largest absolute Gasteiger partial charge is 0.496 e. The number of carbonyl (C=O) groups excluding carboxylic acids is 1. The molecular formula is C31H25Cl4NO6. The number of carboxylic acid groups (broad SMARTS) is 1. The van der Waals surface area contributed by atoms with Crippen LogP contribution in [0, 0.1) is 0 Å². The first-order valence-corrected chi connectivity index (χ1v) is 14.0. The molecule has 0 aliphatic rings.